The first-order valence-corrected chi connectivity index (χ1v) is 9.14. The first kappa shape index (κ1) is 17.3. The maximum absolute atomic E-state index is 3.27. The van der Waals surface area contributed by atoms with Gasteiger partial charge in [-0.1, -0.05) is 0 Å². The average molecular weight is 333 g/mol. The fourth-order valence-corrected chi connectivity index (χ4v) is 3.17. The van der Waals surface area contributed by atoms with E-state index in [9.17, 15) is 0 Å². The van der Waals surface area contributed by atoms with E-state index < -0.39 is 0 Å². The summed E-state index contributed by atoms with van der Waals surface area (Å²) >= 11 is 3.27. The molecule has 0 unspecified atom stereocenters. The van der Waals surface area contributed by atoms with Crippen LogP contribution in [0.25, 0.3) is 0 Å². The third-order valence-corrected chi connectivity index (χ3v) is 4.67. The number of aromatic nitrogens is 1. The number of rotatable bonds is 8. The van der Waals surface area contributed by atoms with E-state index in [0.29, 0.717) is 0 Å². The fraction of sp³-hybridized carbons (Fsp3) is 0.450. The minimum atomic E-state index is 0.972. The first-order chi connectivity index (χ1) is 10.7. The van der Waals surface area contributed by atoms with Crippen molar-refractivity contribution < 1.29 is 15.9 Å². The number of pyridine rings is 1. The van der Waals surface area contributed by atoms with Crippen LogP contribution in [0, 0.1) is 4.03 Å². The molecule has 1 heterocycles. The van der Waals surface area contributed by atoms with Gasteiger partial charge in [0.2, 0.25) is 0 Å². The van der Waals surface area contributed by atoms with Gasteiger partial charge in [-0.3, -0.25) is 0 Å². The Balaban J connectivity index is 2.31. The van der Waals surface area contributed by atoms with Crippen LogP contribution in [-0.2, 0) is 35.2 Å². The monoisotopic (exact) mass is 333 g/mol. The second-order valence-corrected chi connectivity index (χ2v) is 6.66. The van der Waals surface area contributed by atoms with E-state index in [-0.39, 0.29) is 0 Å². The zero-order chi connectivity index (χ0) is 15.8. The Labute approximate surface area is 143 Å². The third-order valence-electron chi connectivity index (χ3n) is 4.08. The van der Waals surface area contributed by atoms with Gasteiger partial charge in [0.05, 0.1) is 0 Å². The SMILES string of the molecule is CCCCc1cn(Cc2ccccc2)c(CCCC)c[c]1=[Cr]. The summed E-state index contributed by atoms with van der Waals surface area (Å²) in [4.78, 5) is 0. The van der Waals surface area contributed by atoms with Crippen LogP contribution < -0.4 is 0 Å². The van der Waals surface area contributed by atoms with Crippen molar-refractivity contribution in [3.05, 3.63) is 63.4 Å². The van der Waals surface area contributed by atoms with Crippen LogP contribution in [-0.4, -0.2) is 4.57 Å². The molecule has 1 aromatic carbocycles. The standard InChI is InChI=1S/C20H27N.Cr/c1-3-5-10-19-14-15-20(13-6-4-2)21(17-19)16-18-11-8-7-9-12-18;/h7-9,11-12,15,17H,3-6,10,13,16H2,1-2H3;. The molecule has 0 aliphatic heterocycles. The predicted molar refractivity (Wildman–Crippen MR) is 90.4 cm³/mol. The number of nitrogens with zero attached hydrogens (tertiary/aromatic N) is 1. The Hall–Kier alpha value is -1.10. The molecule has 0 atom stereocenters. The summed E-state index contributed by atoms with van der Waals surface area (Å²) in [6.45, 7) is 5.49. The van der Waals surface area contributed by atoms with Gasteiger partial charge in [0.25, 0.3) is 0 Å². The molecule has 1 nitrogen and oxygen atoms in total. The van der Waals surface area contributed by atoms with Crippen LogP contribution >= 0.6 is 0 Å². The molecule has 0 saturated heterocycles. The van der Waals surface area contributed by atoms with Crippen LogP contribution in [0.3, 0.4) is 0 Å². The van der Waals surface area contributed by atoms with Crippen molar-refractivity contribution in [3.8, 4) is 0 Å². The number of hydrogen-bond donors (Lipinski definition) is 0. The normalized spacial score (nSPS) is 10.8. The van der Waals surface area contributed by atoms with Gasteiger partial charge in [-0.15, -0.1) is 0 Å². The van der Waals surface area contributed by atoms with Crippen molar-refractivity contribution in [1.29, 1.82) is 0 Å². The molecule has 22 heavy (non-hydrogen) atoms. The molecule has 0 radical (unpaired) electrons. The zero-order valence-electron chi connectivity index (χ0n) is 13.8. The molecular formula is C20H27CrN. The van der Waals surface area contributed by atoms with Gasteiger partial charge in [-0.25, -0.2) is 0 Å². The quantitative estimate of drug-likeness (QED) is 0.618. The summed E-state index contributed by atoms with van der Waals surface area (Å²) in [6.07, 6.45) is 9.70. The van der Waals surface area contributed by atoms with Crippen molar-refractivity contribution in [1.82, 2.24) is 4.57 Å². The second-order valence-electron chi connectivity index (χ2n) is 5.97. The Bertz CT molecular complexity index is 628. The second kappa shape index (κ2) is 9.13. The Morgan fingerprint density at radius 3 is 2.32 bits per heavy atom. The average Bonchev–Trinajstić information content (AvgIpc) is 2.54. The summed E-state index contributed by atoms with van der Waals surface area (Å²) in [6, 6.07) is 13.1. The zero-order valence-corrected chi connectivity index (χ0v) is 15.1. The number of hydrogen-bond acceptors (Lipinski definition) is 0. The van der Waals surface area contributed by atoms with Crippen molar-refractivity contribution >= 4 is 0 Å². The molecule has 0 amide bonds. The third kappa shape index (κ3) is 4.97. The van der Waals surface area contributed by atoms with Crippen LogP contribution in [0.15, 0.2) is 42.6 Å². The van der Waals surface area contributed by atoms with Gasteiger partial charge in [0, 0.05) is 0 Å². The van der Waals surface area contributed by atoms with Gasteiger partial charge >= 0.3 is 143 Å². The van der Waals surface area contributed by atoms with Crippen LogP contribution in [0.5, 0.6) is 0 Å². The molecule has 2 rings (SSSR count). The molecule has 0 saturated carbocycles. The molecule has 2 heteroatoms. The Morgan fingerprint density at radius 2 is 1.64 bits per heavy atom. The molecule has 0 bridgehead atoms. The van der Waals surface area contributed by atoms with Gasteiger partial charge in [-0.05, 0) is 0 Å². The van der Waals surface area contributed by atoms with Crippen molar-refractivity contribution in [2.75, 3.05) is 0 Å². The molecule has 1 aromatic heterocycles. The van der Waals surface area contributed by atoms with Crippen molar-refractivity contribution in [2.24, 2.45) is 0 Å². The van der Waals surface area contributed by atoms with Gasteiger partial charge in [0.15, 0.2) is 0 Å². The van der Waals surface area contributed by atoms with Crippen LogP contribution in [0.4, 0.5) is 0 Å². The topological polar surface area (TPSA) is 4.93 Å². The molecule has 0 fully saturated rings. The number of benzene rings is 1. The van der Waals surface area contributed by atoms with Crippen molar-refractivity contribution in [3.63, 3.8) is 0 Å². The first-order valence-electron chi connectivity index (χ1n) is 8.50. The Morgan fingerprint density at radius 1 is 0.955 bits per heavy atom. The van der Waals surface area contributed by atoms with E-state index in [1.54, 1.807) is 0 Å². The minimum absolute atomic E-state index is 0.972. The van der Waals surface area contributed by atoms with Crippen LogP contribution in [0.1, 0.15) is 56.4 Å². The molecule has 0 N–H and O–H groups in total. The summed E-state index contributed by atoms with van der Waals surface area (Å²) in [5.41, 5.74) is 4.28. The van der Waals surface area contributed by atoms with E-state index >= 15 is 0 Å². The van der Waals surface area contributed by atoms with Gasteiger partial charge in [-0.2, -0.15) is 0 Å². The summed E-state index contributed by atoms with van der Waals surface area (Å²) < 4.78 is 3.79. The fourth-order valence-electron chi connectivity index (χ4n) is 2.72. The van der Waals surface area contributed by atoms with Gasteiger partial charge in [0.1, 0.15) is 0 Å². The number of unbranched alkanes of at least 4 members (excludes halogenated alkanes) is 2. The summed E-state index contributed by atoms with van der Waals surface area (Å²) in [5.74, 6) is 0. The molecule has 2 aromatic rings. The van der Waals surface area contributed by atoms with E-state index in [1.807, 2.05) is 0 Å². The molecule has 0 spiro atoms. The predicted octanol–water partition coefficient (Wildman–Crippen LogP) is 5.30. The van der Waals surface area contributed by atoms with E-state index in [0.717, 1.165) is 13.0 Å². The molecule has 118 valence electrons. The number of aryl methyl sites for hydroxylation is 2. The van der Waals surface area contributed by atoms with E-state index in [2.05, 4.69) is 76.9 Å². The Kier molecular flexibility index (Phi) is 7.17. The van der Waals surface area contributed by atoms with Crippen molar-refractivity contribution in [2.45, 2.75) is 58.9 Å². The van der Waals surface area contributed by atoms with E-state index in [1.165, 1.54) is 53.0 Å². The molecule has 0 aliphatic carbocycles. The molecular weight excluding hydrogens is 306 g/mol. The molecule has 0 aliphatic rings. The van der Waals surface area contributed by atoms with E-state index in [4.69, 9.17) is 0 Å². The summed E-state index contributed by atoms with van der Waals surface area (Å²) in [5, 5.41) is 0. The van der Waals surface area contributed by atoms with Crippen LogP contribution in [0.2, 0.25) is 0 Å². The maximum atomic E-state index is 3.27. The van der Waals surface area contributed by atoms with Gasteiger partial charge < -0.3 is 0 Å². The summed E-state index contributed by atoms with van der Waals surface area (Å²) in [7, 11) is 0.